The van der Waals surface area contributed by atoms with Gasteiger partial charge >= 0.3 is 0 Å². The number of aliphatic hydroxyl groups excluding tert-OH is 1. The van der Waals surface area contributed by atoms with Crippen molar-refractivity contribution in [1.82, 2.24) is 15.3 Å². The maximum absolute atomic E-state index is 12.1. The third-order valence-electron chi connectivity index (χ3n) is 4.50. The highest BCUT2D eigenvalue weighted by Crippen LogP contribution is 2.20. The van der Waals surface area contributed by atoms with E-state index in [0.717, 1.165) is 37.4 Å². The zero-order valence-corrected chi connectivity index (χ0v) is 14.2. The number of nitrogens with one attached hydrogen (secondary N) is 1. The third kappa shape index (κ3) is 5.00. The minimum atomic E-state index is -0.762. The Hall–Kier alpha value is -2.47. The van der Waals surface area contributed by atoms with Gasteiger partial charge in [-0.1, -0.05) is 30.3 Å². The first-order valence-corrected chi connectivity index (χ1v) is 8.74. The van der Waals surface area contributed by atoms with Crippen molar-refractivity contribution in [3.63, 3.8) is 0 Å². The molecule has 0 aliphatic carbocycles. The quantitative estimate of drug-likeness (QED) is 0.840. The van der Waals surface area contributed by atoms with Gasteiger partial charge in [0, 0.05) is 32.0 Å². The summed E-state index contributed by atoms with van der Waals surface area (Å²) in [6.45, 7) is 2.40. The summed E-state index contributed by atoms with van der Waals surface area (Å²) in [6.07, 6.45) is 4.96. The molecule has 1 aromatic carbocycles. The number of hydrogen-bond acceptors (Lipinski definition) is 5. The second-order valence-electron chi connectivity index (χ2n) is 6.44. The van der Waals surface area contributed by atoms with Crippen LogP contribution in [0.15, 0.2) is 48.8 Å². The lowest BCUT2D eigenvalue weighted by Gasteiger charge is -2.32. The Morgan fingerprint density at radius 1 is 1.24 bits per heavy atom. The number of hydrogen-bond donors (Lipinski definition) is 2. The molecule has 1 aliphatic heterocycles. The van der Waals surface area contributed by atoms with Crippen molar-refractivity contribution < 1.29 is 9.90 Å². The Kier molecular flexibility index (Phi) is 5.95. The lowest BCUT2D eigenvalue weighted by Crippen LogP contribution is -2.41. The third-order valence-corrected chi connectivity index (χ3v) is 4.50. The van der Waals surface area contributed by atoms with Crippen LogP contribution in [0.25, 0.3) is 0 Å². The fourth-order valence-electron chi connectivity index (χ4n) is 3.17. The van der Waals surface area contributed by atoms with Gasteiger partial charge in [0.2, 0.25) is 11.9 Å². The maximum atomic E-state index is 12.1. The first-order chi connectivity index (χ1) is 12.2. The number of carbonyl (C=O) groups is 1. The summed E-state index contributed by atoms with van der Waals surface area (Å²) >= 11 is 0. The van der Waals surface area contributed by atoms with Gasteiger partial charge in [0.15, 0.2) is 0 Å². The van der Waals surface area contributed by atoms with Crippen molar-refractivity contribution in [3.8, 4) is 0 Å². The summed E-state index contributed by atoms with van der Waals surface area (Å²) in [6, 6.07) is 11.1. The topological polar surface area (TPSA) is 78.4 Å². The molecule has 6 nitrogen and oxygen atoms in total. The molecule has 1 fully saturated rings. The smallest absolute Gasteiger partial charge is 0.225 e. The van der Waals surface area contributed by atoms with Crippen LogP contribution >= 0.6 is 0 Å². The molecule has 1 aliphatic rings. The molecule has 2 atom stereocenters. The molecular weight excluding hydrogens is 316 g/mol. The molecule has 0 bridgehead atoms. The monoisotopic (exact) mass is 340 g/mol. The molecule has 132 valence electrons. The predicted octanol–water partition coefficient (Wildman–Crippen LogP) is 1.93. The molecule has 0 radical (unpaired) electrons. The van der Waals surface area contributed by atoms with Crippen LogP contribution in [0.4, 0.5) is 5.95 Å². The molecular formula is C19H24N4O2. The molecule has 2 N–H and O–H groups in total. The van der Waals surface area contributed by atoms with Gasteiger partial charge in [-0.25, -0.2) is 9.97 Å². The Balaban J connectivity index is 1.45. The van der Waals surface area contributed by atoms with Gasteiger partial charge in [-0.3, -0.25) is 4.79 Å². The van der Waals surface area contributed by atoms with Crippen molar-refractivity contribution in [2.75, 3.05) is 24.5 Å². The Morgan fingerprint density at radius 2 is 2.00 bits per heavy atom. The van der Waals surface area contributed by atoms with Crippen LogP contribution < -0.4 is 10.2 Å². The molecule has 25 heavy (non-hydrogen) atoms. The average molecular weight is 340 g/mol. The number of piperidine rings is 1. The number of nitrogens with zero attached hydrogens (tertiary/aromatic N) is 3. The number of benzene rings is 1. The summed E-state index contributed by atoms with van der Waals surface area (Å²) in [5, 5.41) is 13.1. The van der Waals surface area contributed by atoms with Crippen molar-refractivity contribution in [1.29, 1.82) is 0 Å². The van der Waals surface area contributed by atoms with Crippen LogP contribution in [0.5, 0.6) is 0 Å². The normalized spacial score (nSPS) is 18.6. The summed E-state index contributed by atoms with van der Waals surface area (Å²) in [5.74, 6) is 0.998. The molecule has 1 amide bonds. The van der Waals surface area contributed by atoms with Crippen molar-refractivity contribution >= 4 is 11.9 Å². The molecule has 6 heteroatoms. The highest BCUT2D eigenvalue weighted by Gasteiger charge is 2.22. The molecule has 0 spiro atoms. The van der Waals surface area contributed by atoms with E-state index in [4.69, 9.17) is 0 Å². The van der Waals surface area contributed by atoms with Crippen molar-refractivity contribution in [3.05, 3.63) is 54.4 Å². The van der Waals surface area contributed by atoms with E-state index in [9.17, 15) is 9.90 Å². The Morgan fingerprint density at radius 3 is 2.76 bits per heavy atom. The highest BCUT2D eigenvalue weighted by molar-refractivity contribution is 5.76. The van der Waals surface area contributed by atoms with Crippen LogP contribution in [0.3, 0.4) is 0 Å². The van der Waals surface area contributed by atoms with Crippen LogP contribution in [0, 0.1) is 5.92 Å². The first-order valence-electron chi connectivity index (χ1n) is 8.74. The summed E-state index contributed by atoms with van der Waals surface area (Å²) < 4.78 is 0. The number of carbonyl (C=O) groups excluding carboxylic acids is 1. The molecule has 2 heterocycles. The zero-order valence-electron chi connectivity index (χ0n) is 14.2. The lowest BCUT2D eigenvalue weighted by molar-refractivity contribution is -0.123. The number of rotatable bonds is 6. The standard InChI is InChI=1S/C19H24N4O2/c24-17(16-7-2-1-3-8-16)12-18(25)22-13-15-6-4-11-23(14-15)19-20-9-5-10-21-19/h1-3,5,7-10,15,17,24H,4,6,11-14H2,(H,22,25). The maximum Gasteiger partial charge on any atom is 0.225 e. The summed E-state index contributed by atoms with van der Waals surface area (Å²) in [4.78, 5) is 22.9. The molecule has 1 aromatic heterocycles. The molecule has 0 saturated carbocycles. The van der Waals surface area contributed by atoms with Gasteiger partial charge in [-0.05, 0) is 30.4 Å². The van der Waals surface area contributed by atoms with Crippen LogP contribution in [-0.4, -0.2) is 40.6 Å². The van der Waals surface area contributed by atoms with E-state index in [0.29, 0.717) is 12.5 Å². The van der Waals surface area contributed by atoms with E-state index in [1.165, 1.54) is 0 Å². The molecule has 1 saturated heterocycles. The SMILES string of the molecule is O=C(CC(O)c1ccccc1)NCC1CCCN(c2ncccn2)C1. The summed E-state index contributed by atoms with van der Waals surface area (Å²) in [7, 11) is 0. The molecule has 2 unspecified atom stereocenters. The van der Waals surface area contributed by atoms with Gasteiger partial charge in [-0.15, -0.1) is 0 Å². The fourth-order valence-corrected chi connectivity index (χ4v) is 3.17. The van der Waals surface area contributed by atoms with Gasteiger partial charge < -0.3 is 15.3 Å². The van der Waals surface area contributed by atoms with Crippen molar-refractivity contribution in [2.45, 2.75) is 25.4 Å². The van der Waals surface area contributed by atoms with Gasteiger partial charge in [-0.2, -0.15) is 0 Å². The van der Waals surface area contributed by atoms with E-state index in [2.05, 4.69) is 20.2 Å². The molecule has 2 aromatic rings. The second kappa shape index (κ2) is 8.58. The van der Waals surface area contributed by atoms with Gasteiger partial charge in [0.05, 0.1) is 12.5 Å². The van der Waals surface area contributed by atoms with Crippen LogP contribution in [0.1, 0.15) is 30.9 Å². The van der Waals surface area contributed by atoms with E-state index < -0.39 is 6.10 Å². The van der Waals surface area contributed by atoms with E-state index in [1.54, 1.807) is 12.4 Å². The molecule has 3 rings (SSSR count). The van der Waals surface area contributed by atoms with E-state index in [1.807, 2.05) is 36.4 Å². The Bertz CT molecular complexity index is 666. The average Bonchev–Trinajstić information content (AvgIpc) is 2.68. The number of anilines is 1. The number of aromatic nitrogens is 2. The highest BCUT2D eigenvalue weighted by atomic mass is 16.3. The van der Waals surface area contributed by atoms with E-state index in [-0.39, 0.29) is 12.3 Å². The largest absolute Gasteiger partial charge is 0.388 e. The minimum Gasteiger partial charge on any atom is -0.388 e. The summed E-state index contributed by atoms with van der Waals surface area (Å²) in [5.41, 5.74) is 0.766. The number of amides is 1. The second-order valence-corrected chi connectivity index (χ2v) is 6.44. The minimum absolute atomic E-state index is 0.0856. The number of aliphatic hydroxyl groups is 1. The Labute approximate surface area is 147 Å². The fraction of sp³-hybridized carbons (Fsp3) is 0.421. The van der Waals surface area contributed by atoms with Crippen molar-refractivity contribution in [2.24, 2.45) is 5.92 Å². The van der Waals surface area contributed by atoms with E-state index >= 15 is 0 Å². The van der Waals surface area contributed by atoms with Crippen LogP contribution in [0.2, 0.25) is 0 Å². The van der Waals surface area contributed by atoms with Crippen LogP contribution in [-0.2, 0) is 4.79 Å². The lowest BCUT2D eigenvalue weighted by atomic mass is 9.98. The first kappa shape index (κ1) is 17.4. The van der Waals surface area contributed by atoms with Gasteiger partial charge in [0.25, 0.3) is 0 Å². The predicted molar refractivity (Wildman–Crippen MR) is 96.0 cm³/mol. The van der Waals surface area contributed by atoms with Gasteiger partial charge in [0.1, 0.15) is 0 Å². The zero-order chi connectivity index (χ0) is 17.5.